The Bertz CT molecular complexity index is 322. The van der Waals surface area contributed by atoms with Crippen molar-refractivity contribution < 1.29 is 14.3 Å². The highest BCUT2D eigenvalue weighted by atomic mass is 16.5. The molecule has 0 atom stereocenters. The van der Waals surface area contributed by atoms with E-state index in [4.69, 9.17) is 15.2 Å². The van der Waals surface area contributed by atoms with Crippen LogP contribution >= 0.6 is 0 Å². The third-order valence-electron chi connectivity index (χ3n) is 1.91. The van der Waals surface area contributed by atoms with Gasteiger partial charge in [0.1, 0.15) is 11.5 Å². The number of ether oxygens (including phenoxy) is 2. The molecule has 4 heteroatoms. The largest absolute Gasteiger partial charge is 0.494 e. The Morgan fingerprint density at radius 3 is 2.06 bits per heavy atom. The fourth-order valence-electron chi connectivity index (χ4n) is 1.12. The molecule has 2 N–H and O–H groups in total. The molecular weight excluding hydrogens is 206 g/mol. The van der Waals surface area contributed by atoms with Gasteiger partial charge in [-0.1, -0.05) is 6.92 Å². The topological polar surface area (TPSA) is 61.6 Å². The smallest absolute Gasteiger partial charge is 0.220 e. The lowest BCUT2D eigenvalue weighted by atomic mass is 10.3. The third-order valence-corrected chi connectivity index (χ3v) is 1.91. The predicted octanol–water partition coefficient (Wildman–Crippen LogP) is 1.73. The number of hydrogen-bond donors (Lipinski definition) is 1. The van der Waals surface area contributed by atoms with Gasteiger partial charge in [-0.25, -0.2) is 0 Å². The van der Waals surface area contributed by atoms with Crippen LogP contribution in [-0.4, -0.2) is 19.1 Å². The van der Waals surface area contributed by atoms with Crippen molar-refractivity contribution in [3.63, 3.8) is 0 Å². The first-order chi connectivity index (χ1) is 7.72. The van der Waals surface area contributed by atoms with Gasteiger partial charge in [0.05, 0.1) is 19.6 Å². The molecule has 0 saturated carbocycles. The SMILES string of the molecule is CCCOc1ccc(OCCC(N)=O)cc1. The zero-order valence-electron chi connectivity index (χ0n) is 9.44. The molecule has 4 nitrogen and oxygen atoms in total. The Kier molecular flexibility index (Phi) is 5.19. The van der Waals surface area contributed by atoms with Gasteiger partial charge in [-0.3, -0.25) is 4.79 Å². The Labute approximate surface area is 95.3 Å². The highest BCUT2D eigenvalue weighted by Crippen LogP contribution is 2.17. The second-order valence-electron chi connectivity index (χ2n) is 3.38. The van der Waals surface area contributed by atoms with E-state index in [1.165, 1.54) is 0 Å². The van der Waals surface area contributed by atoms with Gasteiger partial charge in [0.15, 0.2) is 0 Å². The Morgan fingerprint density at radius 1 is 1.12 bits per heavy atom. The van der Waals surface area contributed by atoms with Crippen LogP contribution < -0.4 is 15.2 Å². The molecule has 0 bridgehead atoms. The van der Waals surface area contributed by atoms with Crippen molar-refractivity contribution >= 4 is 5.91 Å². The minimum atomic E-state index is -0.358. The van der Waals surface area contributed by atoms with Crippen LogP contribution in [0.15, 0.2) is 24.3 Å². The van der Waals surface area contributed by atoms with Crippen molar-refractivity contribution in [2.75, 3.05) is 13.2 Å². The van der Waals surface area contributed by atoms with E-state index in [0.717, 1.165) is 12.2 Å². The molecule has 0 aliphatic heterocycles. The summed E-state index contributed by atoms with van der Waals surface area (Å²) in [7, 11) is 0. The van der Waals surface area contributed by atoms with E-state index in [9.17, 15) is 4.79 Å². The van der Waals surface area contributed by atoms with Crippen molar-refractivity contribution in [2.45, 2.75) is 19.8 Å². The van der Waals surface area contributed by atoms with Crippen LogP contribution in [0.4, 0.5) is 0 Å². The van der Waals surface area contributed by atoms with Crippen LogP contribution in [-0.2, 0) is 4.79 Å². The van der Waals surface area contributed by atoms with Crippen LogP contribution in [0.3, 0.4) is 0 Å². The maximum absolute atomic E-state index is 10.5. The fraction of sp³-hybridized carbons (Fsp3) is 0.417. The Hall–Kier alpha value is -1.71. The summed E-state index contributed by atoms with van der Waals surface area (Å²) in [4.78, 5) is 10.5. The second-order valence-corrected chi connectivity index (χ2v) is 3.38. The molecule has 0 fully saturated rings. The average Bonchev–Trinajstić information content (AvgIpc) is 2.27. The summed E-state index contributed by atoms with van der Waals surface area (Å²) >= 11 is 0. The number of carbonyl (C=O) groups is 1. The highest BCUT2D eigenvalue weighted by molar-refractivity contribution is 5.73. The molecule has 0 saturated heterocycles. The van der Waals surface area contributed by atoms with Crippen LogP contribution in [0.1, 0.15) is 19.8 Å². The Balaban J connectivity index is 2.36. The van der Waals surface area contributed by atoms with E-state index in [-0.39, 0.29) is 12.3 Å². The van der Waals surface area contributed by atoms with E-state index < -0.39 is 0 Å². The normalized spacial score (nSPS) is 9.81. The lowest BCUT2D eigenvalue weighted by Crippen LogP contribution is -2.14. The number of rotatable bonds is 7. The molecule has 0 unspecified atom stereocenters. The van der Waals surface area contributed by atoms with Gasteiger partial charge in [0.2, 0.25) is 5.91 Å². The molecular formula is C12H17NO3. The zero-order chi connectivity index (χ0) is 11.8. The molecule has 0 aliphatic carbocycles. The van der Waals surface area contributed by atoms with E-state index in [0.29, 0.717) is 19.0 Å². The molecule has 88 valence electrons. The molecule has 0 aliphatic rings. The maximum Gasteiger partial charge on any atom is 0.220 e. The highest BCUT2D eigenvalue weighted by Gasteiger charge is 1.98. The van der Waals surface area contributed by atoms with Crippen LogP contribution in [0.25, 0.3) is 0 Å². The minimum absolute atomic E-state index is 0.230. The number of amides is 1. The molecule has 1 rings (SSSR count). The molecule has 0 radical (unpaired) electrons. The molecule has 0 aromatic heterocycles. The van der Waals surface area contributed by atoms with E-state index in [2.05, 4.69) is 6.92 Å². The summed E-state index contributed by atoms with van der Waals surface area (Å²) in [6.45, 7) is 3.08. The van der Waals surface area contributed by atoms with Crippen molar-refractivity contribution in [3.8, 4) is 11.5 Å². The van der Waals surface area contributed by atoms with Gasteiger partial charge in [0.25, 0.3) is 0 Å². The number of nitrogens with two attached hydrogens (primary N) is 1. The lowest BCUT2D eigenvalue weighted by molar-refractivity contribution is -0.118. The number of carbonyl (C=O) groups excluding carboxylic acids is 1. The molecule has 0 spiro atoms. The summed E-state index contributed by atoms with van der Waals surface area (Å²) in [5.74, 6) is 1.18. The molecule has 1 aromatic carbocycles. The number of hydrogen-bond acceptors (Lipinski definition) is 3. The van der Waals surface area contributed by atoms with Crippen LogP contribution in [0, 0.1) is 0 Å². The van der Waals surface area contributed by atoms with E-state index >= 15 is 0 Å². The standard InChI is InChI=1S/C12H17NO3/c1-2-8-15-10-3-5-11(6-4-10)16-9-7-12(13)14/h3-6H,2,7-9H2,1H3,(H2,13,14). The minimum Gasteiger partial charge on any atom is -0.494 e. The van der Waals surface area contributed by atoms with Crippen molar-refractivity contribution in [3.05, 3.63) is 24.3 Å². The number of benzene rings is 1. The van der Waals surface area contributed by atoms with Crippen molar-refractivity contribution in [1.29, 1.82) is 0 Å². The number of primary amides is 1. The van der Waals surface area contributed by atoms with Gasteiger partial charge in [-0.2, -0.15) is 0 Å². The van der Waals surface area contributed by atoms with Crippen molar-refractivity contribution in [1.82, 2.24) is 0 Å². The average molecular weight is 223 g/mol. The van der Waals surface area contributed by atoms with Crippen molar-refractivity contribution in [2.24, 2.45) is 5.73 Å². The van der Waals surface area contributed by atoms with Gasteiger partial charge >= 0.3 is 0 Å². The molecule has 0 heterocycles. The first-order valence-corrected chi connectivity index (χ1v) is 5.36. The van der Waals surface area contributed by atoms with E-state index in [1.54, 1.807) is 0 Å². The quantitative estimate of drug-likeness (QED) is 0.765. The first kappa shape index (κ1) is 12.4. The van der Waals surface area contributed by atoms with Crippen LogP contribution in [0.2, 0.25) is 0 Å². The molecule has 16 heavy (non-hydrogen) atoms. The van der Waals surface area contributed by atoms with Gasteiger partial charge in [-0.05, 0) is 30.7 Å². The summed E-state index contributed by atoms with van der Waals surface area (Å²) < 4.78 is 10.7. The maximum atomic E-state index is 10.5. The Morgan fingerprint density at radius 2 is 1.62 bits per heavy atom. The van der Waals surface area contributed by atoms with Gasteiger partial charge in [-0.15, -0.1) is 0 Å². The predicted molar refractivity (Wildman–Crippen MR) is 61.5 cm³/mol. The van der Waals surface area contributed by atoms with Gasteiger partial charge in [0, 0.05) is 0 Å². The molecule has 1 aromatic rings. The summed E-state index contributed by atoms with van der Waals surface area (Å²) in [5.41, 5.74) is 5.00. The first-order valence-electron chi connectivity index (χ1n) is 5.36. The summed E-state index contributed by atoms with van der Waals surface area (Å²) in [6.07, 6.45) is 1.21. The third kappa shape index (κ3) is 4.68. The lowest BCUT2D eigenvalue weighted by Gasteiger charge is -2.07. The summed E-state index contributed by atoms with van der Waals surface area (Å²) in [5, 5.41) is 0. The monoisotopic (exact) mass is 223 g/mol. The van der Waals surface area contributed by atoms with Gasteiger partial charge < -0.3 is 15.2 Å². The van der Waals surface area contributed by atoms with Crippen LogP contribution in [0.5, 0.6) is 11.5 Å². The zero-order valence-corrected chi connectivity index (χ0v) is 9.44. The second kappa shape index (κ2) is 6.71. The molecule has 1 amide bonds. The van der Waals surface area contributed by atoms with E-state index in [1.807, 2.05) is 24.3 Å². The fourth-order valence-corrected chi connectivity index (χ4v) is 1.12. The summed E-state index contributed by atoms with van der Waals surface area (Å²) in [6, 6.07) is 7.31.